The quantitative estimate of drug-likeness (QED) is 0.898. The van der Waals surface area contributed by atoms with Crippen LogP contribution < -0.4 is 5.32 Å². The first kappa shape index (κ1) is 16.6. The summed E-state index contributed by atoms with van der Waals surface area (Å²) in [6.07, 6.45) is 4.75. The van der Waals surface area contributed by atoms with Gasteiger partial charge in [-0.3, -0.25) is 9.69 Å². The molecular formula is C20H27N3O2. The lowest BCUT2D eigenvalue weighted by atomic mass is 9.95. The molecule has 1 saturated heterocycles. The van der Waals surface area contributed by atoms with Crippen LogP contribution in [0.5, 0.6) is 0 Å². The van der Waals surface area contributed by atoms with Gasteiger partial charge < -0.3 is 15.0 Å². The lowest BCUT2D eigenvalue weighted by molar-refractivity contribution is 0.0342. The maximum atomic E-state index is 12.7. The standard InChI is InChI=1S/C20H27N3O2/c1-14(13-23-8-10-25-11-9-23)21-20(24)15-6-7-19-17(12-15)16-4-2-3-5-18(16)22-19/h6-7,12,14,22H,2-5,8-11,13H2,1H3,(H,21,24)/t14-/m0/s1. The second kappa shape index (κ2) is 7.18. The van der Waals surface area contributed by atoms with Crippen LogP contribution in [0, 0.1) is 0 Å². The molecule has 0 saturated carbocycles. The molecule has 0 spiro atoms. The van der Waals surface area contributed by atoms with E-state index in [1.165, 1.54) is 29.5 Å². The van der Waals surface area contributed by atoms with Gasteiger partial charge in [0.25, 0.3) is 5.91 Å². The monoisotopic (exact) mass is 341 g/mol. The predicted octanol–water partition coefficient (Wildman–Crippen LogP) is 2.50. The van der Waals surface area contributed by atoms with E-state index in [0.29, 0.717) is 0 Å². The molecule has 1 aliphatic heterocycles. The average Bonchev–Trinajstić information content (AvgIpc) is 3.00. The molecule has 1 amide bonds. The van der Waals surface area contributed by atoms with Gasteiger partial charge in [-0.25, -0.2) is 0 Å². The number of rotatable bonds is 4. The van der Waals surface area contributed by atoms with Gasteiger partial charge in [-0.1, -0.05) is 0 Å². The molecule has 25 heavy (non-hydrogen) atoms. The van der Waals surface area contributed by atoms with Crippen molar-refractivity contribution in [1.82, 2.24) is 15.2 Å². The summed E-state index contributed by atoms with van der Waals surface area (Å²) < 4.78 is 5.38. The van der Waals surface area contributed by atoms with Crippen LogP contribution in [0.3, 0.4) is 0 Å². The molecule has 2 heterocycles. The summed E-state index contributed by atoms with van der Waals surface area (Å²) in [4.78, 5) is 18.5. The Labute approximate surface area is 148 Å². The lowest BCUT2D eigenvalue weighted by Gasteiger charge is -2.29. The van der Waals surface area contributed by atoms with Crippen molar-refractivity contribution in [1.29, 1.82) is 0 Å². The third-order valence-electron chi connectivity index (χ3n) is 5.37. The second-order valence-electron chi connectivity index (χ2n) is 7.34. The normalized spacial score (nSPS) is 19.6. The number of amides is 1. The van der Waals surface area contributed by atoms with Crippen molar-refractivity contribution in [2.24, 2.45) is 0 Å². The molecule has 2 aromatic rings. The van der Waals surface area contributed by atoms with Crippen molar-refractivity contribution in [3.8, 4) is 0 Å². The Hall–Kier alpha value is -1.85. The van der Waals surface area contributed by atoms with Crippen molar-refractivity contribution in [3.63, 3.8) is 0 Å². The second-order valence-corrected chi connectivity index (χ2v) is 7.34. The molecule has 1 atom stereocenters. The number of ether oxygens (including phenoxy) is 1. The summed E-state index contributed by atoms with van der Waals surface area (Å²) in [5.74, 6) is 0.0217. The highest BCUT2D eigenvalue weighted by atomic mass is 16.5. The van der Waals surface area contributed by atoms with Gasteiger partial charge in [-0.05, 0) is 56.4 Å². The molecule has 0 unspecified atom stereocenters. The number of aromatic nitrogens is 1. The molecule has 134 valence electrons. The minimum Gasteiger partial charge on any atom is -0.379 e. The van der Waals surface area contributed by atoms with Gasteiger partial charge in [0.2, 0.25) is 0 Å². The van der Waals surface area contributed by atoms with E-state index >= 15 is 0 Å². The van der Waals surface area contributed by atoms with E-state index in [2.05, 4.69) is 34.3 Å². The van der Waals surface area contributed by atoms with E-state index in [0.717, 1.165) is 56.8 Å². The fourth-order valence-corrected chi connectivity index (χ4v) is 4.07. The van der Waals surface area contributed by atoms with E-state index in [9.17, 15) is 4.79 Å². The summed E-state index contributed by atoms with van der Waals surface area (Å²) in [6, 6.07) is 6.17. The highest BCUT2D eigenvalue weighted by Gasteiger charge is 2.19. The molecule has 2 aliphatic rings. The average molecular weight is 341 g/mol. The number of carbonyl (C=O) groups excluding carboxylic acids is 1. The number of carbonyl (C=O) groups is 1. The zero-order valence-electron chi connectivity index (χ0n) is 14.9. The highest BCUT2D eigenvalue weighted by Crippen LogP contribution is 2.29. The molecule has 0 radical (unpaired) electrons. The molecule has 1 aliphatic carbocycles. The molecule has 5 heteroatoms. The number of hydrogen-bond donors (Lipinski definition) is 2. The SMILES string of the molecule is C[C@@H](CN1CCOCC1)NC(=O)c1ccc2[nH]c3c(c2c1)CCCC3. The summed E-state index contributed by atoms with van der Waals surface area (Å²) in [6.45, 7) is 6.41. The fraction of sp³-hybridized carbons (Fsp3) is 0.550. The van der Waals surface area contributed by atoms with Crippen LogP contribution in [0.25, 0.3) is 10.9 Å². The number of benzene rings is 1. The zero-order valence-corrected chi connectivity index (χ0v) is 14.9. The highest BCUT2D eigenvalue weighted by molar-refractivity contribution is 5.99. The lowest BCUT2D eigenvalue weighted by Crippen LogP contribution is -2.46. The Kier molecular flexibility index (Phi) is 4.77. The van der Waals surface area contributed by atoms with E-state index in [4.69, 9.17) is 4.74 Å². The van der Waals surface area contributed by atoms with Crippen LogP contribution in [0.4, 0.5) is 0 Å². The summed E-state index contributed by atoms with van der Waals surface area (Å²) in [5, 5.41) is 4.37. The molecule has 5 nitrogen and oxygen atoms in total. The molecule has 1 aromatic heterocycles. The summed E-state index contributed by atoms with van der Waals surface area (Å²) in [7, 11) is 0. The number of nitrogens with zero attached hydrogens (tertiary/aromatic N) is 1. The van der Waals surface area contributed by atoms with Gasteiger partial charge in [0.05, 0.1) is 13.2 Å². The van der Waals surface area contributed by atoms with Crippen molar-refractivity contribution in [2.75, 3.05) is 32.8 Å². The van der Waals surface area contributed by atoms with Gasteiger partial charge in [0.15, 0.2) is 0 Å². The molecule has 2 N–H and O–H groups in total. The summed E-state index contributed by atoms with van der Waals surface area (Å²) in [5.41, 5.74) is 4.69. The topological polar surface area (TPSA) is 57.4 Å². The van der Waals surface area contributed by atoms with E-state index in [-0.39, 0.29) is 11.9 Å². The van der Waals surface area contributed by atoms with Gasteiger partial charge in [0, 0.05) is 47.8 Å². The van der Waals surface area contributed by atoms with Crippen LogP contribution in [-0.4, -0.2) is 54.7 Å². The Bertz CT molecular complexity index is 762. The summed E-state index contributed by atoms with van der Waals surface area (Å²) >= 11 is 0. The van der Waals surface area contributed by atoms with Gasteiger partial charge in [-0.2, -0.15) is 0 Å². The molecule has 0 bridgehead atoms. The molecule has 1 aromatic carbocycles. The zero-order chi connectivity index (χ0) is 17.2. The Morgan fingerprint density at radius 2 is 2.08 bits per heavy atom. The van der Waals surface area contributed by atoms with E-state index < -0.39 is 0 Å². The van der Waals surface area contributed by atoms with Crippen LogP contribution in [0.1, 0.15) is 41.4 Å². The number of hydrogen-bond acceptors (Lipinski definition) is 3. The first-order chi connectivity index (χ1) is 12.2. The Balaban J connectivity index is 1.46. The van der Waals surface area contributed by atoms with Crippen LogP contribution in [0.15, 0.2) is 18.2 Å². The van der Waals surface area contributed by atoms with Gasteiger partial charge >= 0.3 is 0 Å². The number of morpholine rings is 1. The van der Waals surface area contributed by atoms with E-state index in [1.54, 1.807) is 0 Å². The van der Waals surface area contributed by atoms with Crippen LogP contribution >= 0.6 is 0 Å². The van der Waals surface area contributed by atoms with Gasteiger partial charge in [0.1, 0.15) is 0 Å². The number of fused-ring (bicyclic) bond motifs is 3. The minimum atomic E-state index is 0.0217. The minimum absolute atomic E-state index is 0.0217. The molecule has 1 fully saturated rings. The van der Waals surface area contributed by atoms with E-state index in [1.807, 2.05) is 6.07 Å². The van der Waals surface area contributed by atoms with Gasteiger partial charge in [-0.15, -0.1) is 0 Å². The largest absolute Gasteiger partial charge is 0.379 e. The number of aromatic amines is 1. The predicted molar refractivity (Wildman–Crippen MR) is 99.1 cm³/mol. The van der Waals surface area contributed by atoms with Crippen molar-refractivity contribution >= 4 is 16.8 Å². The number of H-pyrrole nitrogens is 1. The van der Waals surface area contributed by atoms with Crippen molar-refractivity contribution in [3.05, 3.63) is 35.0 Å². The first-order valence-corrected chi connectivity index (χ1v) is 9.45. The number of nitrogens with one attached hydrogen (secondary N) is 2. The smallest absolute Gasteiger partial charge is 0.251 e. The maximum absolute atomic E-state index is 12.7. The molecule has 4 rings (SSSR count). The third-order valence-corrected chi connectivity index (χ3v) is 5.37. The van der Waals surface area contributed by atoms with Crippen molar-refractivity contribution < 1.29 is 9.53 Å². The molecular weight excluding hydrogens is 314 g/mol. The third kappa shape index (κ3) is 3.58. The Morgan fingerprint density at radius 3 is 2.92 bits per heavy atom. The number of aryl methyl sites for hydroxylation is 2. The Morgan fingerprint density at radius 1 is 1.28 bits per heavy atom. The van der Waals surface area contributed by atoms with Crippen molar-refractivity contribution in [2.45, 2.75) is 38.6 Å². The van der Waals surface area contributed by atoms with Crippen LogP contribution in [-0.2, 0) is 17.6 Å². The van der Waals surface area contributed by atoms with Crippen LogP contribution in [0.2, 0.25) is 0 Å². The fourth-order valence-electron chi connectivity index (χ4n) is 4.07. The maximum Gasteiger partial charge on any atom is 0.251 e. The first-order valence-electron chi connectivity index (χ1n) is 9.45.